The molecule has 22 heavy (non-hydrogen) atoms. The molecule has 0 saturated carbocycles. The SMILES string of the molecule is Cc1ncccc1C(=O)N(C=O)c1cnn(CC(F)(F)F)c1. The second kappa shape index (κ2) is 5.96. The van der Waals surface area contributed by atoms with Crippen LogP contribution in [0.5, 0.6) is 0 Å². The van der Waals surface area contributed by atoms with Crippen molar-refractivity contribution >= 4 is 18.0 Å². The van der Waals surface area contributed by atoms with Gasteiger partial charge in [0.1, 0.15) is 6.54 Å². The van der Waals surface area contributed by atoms with E-state index >= 15 is 0 Å². The van der Waals surface area contributed by atoms with Gasteiger partial charge >= 0.3 is 6.18 Å². The number of hydrogen-bond acceptors (Lipinski definition) is 4. The molecule has 0 spiro atoms. The third-order valence-electron chi connectivity index (χ3n) is 2.80. The van der Waals surface area contributed by atoms with E-state index in [1.165, 1.54) is 18.3 Å². The highest BCUT2D eigenvalue weighted by Crippen LogP contribution is 2.20. The summed E-state index contributed by atoms with van der Waals surface area (Å²) in [6.45, 7) is 0.281. The third-order valence-corrected chi connectivity index (χ3v) is 2.80. The Labute approximate surface area is 123 Å². The summed E-state index contributed by atoms with van der Waals surface area (Å²) in [6, 6.07) is 3.00. The van der Waals surface area contributed by atoms with Crippen LogP contribution in [0.25, 0.3) is 0 Å². The number of aryl methyl sites for hydroxylation is 1. The van der Waals surface area contributed by atoms with Crippen molar-refractivity contribution in [1.82, 2.24) is 14.8 Å². The molecule has 0 aromatic carbocycles. The van der Waals surface area contributed by atoms with Crippen LogP contribution in [0.3, 0.4) is 0 Å². The van der Waals surface area contributed by atoms with Gasteiger partial charge in [-0.1, -0.05) is 0 Å². The fraction of sp³-hybridized carbons (Fsp3) is 0.231. The topological polar surface area (TPSA) is 68.1 Å². The molecule has 2 aromatic heterocycles. The lowest BCUT2D eigenvalue weighted by molar-refractivity contribution is -0.142. The molecular weight excluding hydrogens is 301 g/mol. The van der Waals surface area contributed by atoms with Crippen molar-refractivity contribution in [2.24, 2.45) is 0 Å². The number of halogens is 3. The van der Waals surface area contributed by atoms with Gasteiger partial charge in [0.05, 0.1) is 17.4 Å². The summed E-state index contributed by atoms with van der Waals surface area (Å²) in [5.74, 6) is -0.688. The average molecular weight is 312 g/mol. The minimum atomic E-state index is -4.45. The van der Waals surface area contributed by atoms with Gasteiger partial charge < -0.3 is 0 Å². The number of carbonyl (C=O) groups is 2. The molecule has 2 aromatic rings. The molecule has 0 atom stereocenters. The van der Waals surface area contributed by atoms with Crippen molar-refractivity contribution in [3.8, 4) is 0 Å². The average Bonchev–Trinajstić information content (AvgIpc) is 2.86. The Morgan fingerprint density at radius 1 is 1.45 bits per heavy atom. The maximum absolute atomic E-state index is 12.3. The zero-order valence-corrected chi connectivity index (χ0v) is 11.4. The summed E-state index contributed by atoms with van der Waals surface area (Å²) in [5, 5.41) is 3.50. The van der Waals surface area contributed by atoms with Crippen molar-refractivity contribution in [2.45, 2.75) is 19.6 Å². The quantitative estimate of drug-likeness (QED) is 0.809. The second-order valence-electron chi connectivity index (χ2n) is 4.43. The molecular formula is C13H11F3N4O2. The molecule has 0 fully saturated rings. The van der Waals surface area contributed by atoms with Crippen LogP contribution >= 0.6 is 0 Å². The lowest BCUT2D eigenvalue weighted by Gasteiger charge is -2.14. The van der Waals surface area contributed by atoms with Gasteiger partial charge in [0.15, 0.2) is 0 Å². The van der Waals surface area contributed by atoms with E-state index in [0.29, 0.717) is 15.3 Å². The van der Waals surface area contributed by atoms with E-state index in [1.807, 2.05) is 0 Å². The van der Waals surface area contributed by atoms with Gasteiger partial charge in [-0.3, -0.25) is 19.3 Å². The largest absolute Gasteiger partial charge is 0.408 e. The normalized spacial score (nSPS) is 11.3. The lowest BCUT2D eigenvalue weighted by atomic mass is 10.2. The van der Waals surface area contributed by atoms with Crippen molar-refractivity contribution in [1.29, 1.82) is 0 Å². The van der Waals surface area contributed by atoms with E-state index in [-0.39, 0.29) is 17.7 Å². The third kappa shape index (κ3) is 3.48. The summed E-state index contributed by atoms with van der Waals surface area (Å²) >= 11 is 0. The summed E-state index contributed by atoms with van der Waals surface area (Å²) in [5.41, 5.74) is 0.535. The Morgan fingerprint density at radius 3 is 2.77 bits per heavy atom. The Bertz CT molecular complexity index is 697. The van der Waals surface area contributed by atoms with E-state index in [0.717, 1.165) is 12.4 Å². The number of imide groups is 1. The number of hydrogen-bond donors (Lipinski definition) is 0. The number of nitrogens with zero attached hydrogens (tertiary/aromatic N) is 4. The molecule has 0 aliphatic rings. The zero-order valence-electron chi connectivity index (χ0n) is 11.4. The molecule has 0 aliphatic heterocycles. The molecule has 0 unspecified atom stereocenters. The van der Waals surface area contributed by atoms with Crippen LogP contribution in [0.2, 0.25) is 0 Å². The molecule has 9 heteroatoms. The predicted molar refractivity (Wildman–Crippen MR) is 70.1 cm³/mol. The van der Waals surface area contributed by atoms with Gasteiger partial charge in [0, 0.05) is 18.1 Å². The second-order valence-corrected chi connectivity index (χ2v) is 4.43. The highest BCUT2D eigenvalue weighted by Gasteiger charge is 2.29. The van der Waals surface area contributed by atoms with E-state index in [9.17, 15) is 22.8 Å². The molecule has 2 heterocycles. The molecule has 0 bridgehead atoms. The van der Waals surface area contributed by atoms with Gasteiger partial charge in [-0.25, -0.2) is 4.90 Å². The number of aromatic nitrogens is 3. The van der Waals surface area contributed by atoms with Crippen LogP contribution < -0.4 is 4.90 Å². The fourth-order valence-electron chi connectivity index (χ4n) is 1.81. The van der Waals surface area contributed by atoms with Crippen molar-refractivity contribution in [2.75, 3.05) is 4.90 Å². The Kier molecular flexibility index (Phi) is 4.25. The van der Waals surface area contributed by atoms with E-state index in [2.05, 4.69) is 10.1 Å². The highest BCUT2D eigenvalue weighted by atomic mass is 19.4. The molecule has 0 N–H and O–H groups in total. The number of anilines is 1. The van der Waals surface area contributed by atoms with Gasteiger partial charge in [0.2, 0.25) is 6.41 Å². The number of carbonyl (C=O) groups excluding carboxylic acids is 2. The lowest BCUT2D eigenvalue weighted by Crippen LogP contribution is -2.30. The molecule has 2 amide bonds. The van der Waals surface area contributed by atoms with E-state index in [1.54, 1.807) is 6.92 Å². The highest BCUT2D eigenvalue weighted by molar-refractivity contribution is 6.15. The maximum atomic E-state index is 12.3. The first-order valence-electron chi connectivity index (χ1n) is 6.11. The number of rotatable bonds is 4. The molecule has 2 rings (SSSR count). The molecule has 0 saturated heterocycles. The number of amides is 2. The Hall–Kier alpha value is -2.71. The molecule has 0 radical (unpaired) electrons. The van der Waals surface area contributed by atoms with Crippen molar-refractivity contribution < 1.29 is 22.8 Å². The van der Waals surface area contributed by atoms with Crippen LogP contribution in [-0.2, 0) is 11.3 Å². The minimum Gasteiger partial charge on any atom is -0.278 e. The molecule has 116 valence electrons. The van der Waals surface area contributed by atoms with Crippen LogP contribution in [-0.4, -0.2) is 33.3 Å². The Morgan fingerprint density at radius 2 is 2.18 bits per heavy atom. The number of pyridine rings is 1. The van der Waals surface area contributed by atoms with Crippen LogP contribution in [0.1, 0.15) is 16.1 Å². The van der Waals surface area contributed by atoms with Gasteiger partial charge in [-0.05, 0) is 19.1 Å². The van der Waals surface area contributed by atoms with Crippen molar-refractivity contribution in [3.05, 3.63) is 42.0 Å². The monoisotopic (exact) mass is 312 g/mol. The molecule has 0 aliphatic carbocycles. The number of alkyl halides is 3. The fourth-order valence-corrected chi connectivity index (χ4v) is 1.81. The van der Waals surface area contributed by atoms with E-state index < -0.39 is 18.6 Å². The first-order chi connectivity index (χ1) is 10.3. The van der Waals surface area contributed by atoms with Crippen LogP contribution in [0, 0.1) is 6.92 Å². The molecule has 6 nitrogen and oxygen atoms in total. The summed E-state index contributed by atoms with van der Waals surface area (Å²) < 4.78 is 37.5. The minimum absolute atomic E-state index is 0.0486. The maximum Gasteiger partial charge on any atom is 0.408 e. The van der Waals surface area contributed by atoms with Crippen molar-refractivity contribution in [3.63, 3.8) is 0 Å². The first kappa shape index (κ1) is 15.7. The smallest absolute Gasteiger partial charge is 0.278 e. The summed E-state index contributed by atoms with van der Waals surface area (Å²) in [4.78, 5) is 28.1. The van der Waals surface area contributed by atoms with Crippen LogP contribution in [0.15, 0.2) is 30.7 Å². The zero-order chi connectivity index (χ0) is 16.3. The van der Waals surface area contributed by atoms with Gasteiger partial charge in [0.25, 0.3) is 5.91 Å². The van der Waals surface area contributed by atoms with Gasteiger partial charge in [-0.15, -0.1) is 0 Å². The van der Waals surface area contributed by atoms with E-state index in [4.69, 9.17) is 0 Å². The summed E-state index contributed by atoms with van der Waals surface area (Å²) in [7, 11) is 0. The van der Waals surface area contributed by atoms with Gasteiger partial charge in [-0.2, -0.15) is 18.3 Å². The standard InChI is InChI=1S/C13H11F3N4O2/c1-9-11(3-2-4-17-9)12(22)20(8-21)10-5-18-19(6-10)7-13(14,15)16/h2-6,8H,7H2,1H3. The Balaban J connectivity index is 2.27. The predicted octanol–water partition coefficient (Wildman–Crippen LogP) is 1.95. The summed E-state index contributed by atoms with van der Waals surface area (Å²) in [6.07, 6.45) is -0.739. The van der Waals surface area contributed by atoms with Crippen LogP contribution in [0.4, 0.5) is 18.9 Å². The first-order valence-corrected chi connectivity index (χ1v) is 6.11.